The van der Waals surface area contributed by atoms with E-state index in [0.717, 1.165) is 33.2 Å². The monoisotopic (exact) mass is 554 g/mol. The fraction of sp³-hybridized carbons (Fsp3) is 0.125. The molecule has 5 aromatic rings. The molecule has 6 nitrogen and oxygen atoms in total. The number of benzene rings is 3. The zero-order chi connectivity index (χ0) is 28.3. The van der Waals surface area contributed by atoms with Gasteiger partial charge in [-0.25, -0.2) is 17.8 Å². The van der Waals surface area contributed by atoms with Crippen LogP contribution in [0.15, 0.2) is 100 Å². The first-order chi connectivity index (χ1) is 19.2. The van der Waals surface area contributed by atoms with Crippen molar-refractivity contribution in [2.24, 2.45) is 0 Å². The van der Waals surface area contributed by atoms with Crippen molar-refractivity contribution in [2.75, 3.05) is 11.5 Å². The van der Waals surface area contributed by atoms with E-state index in [1.54, 1.807) is 67.7 Å². The molecule has 202 valence electrons. The maximum absolute atomic E-state index is 13.7. The lowest BCUT2D eigenvalue weighted by Crippen LogP contribution is -2.03. The zero-order valence-corrected chi connectivity index (χ0v) is 22.6. The van der Waals surface area contributed by atoms with Crippen LogP contribution < -0.4 is 5.73 Å². The third-order valence-electron chi connectivity index (χ3n) is 6.64. The highest BCUT2D eigenvalue weighted by atomic mass is 32.2. The summed E-state index contributed by atoms with van der Waals surface area (Å²) in [5.74, 6) is 0.694. The smallest absolute Gasteiger partial charge is 0.178 e. The van der Waals surface area contributed by atoms with Crippen LogP contribution in [0.4, 0.5) is 10.2 Å². The average molecular weight is 555 g/mol. The molecule has 5 rings (SSSR count). The highest BCUT2D eigenvalue weighted by Crippen LogP contribution is 2.36. The van der Waals surface area contributed by atoms with Gasteiger partial charge in [0.1, 0.15) is 23.0 Å². The standard InChI is InChI=1S/C32H27FN2O4S/c1-2-40(37,38)29-14-7-22(8-15-29)24-17-25-18-28(13-12-27(36)11-3-21-4-16-31(34)35-20-21)39-32(25)30(19-24)23-5-9-26(33)10-6-23/h3-11,14-20H,2,12-13H2,1H3,(H2,34,35)/b11-3+. The topological polar surface area (TPSA) is 103 Å². The van der Waals surface area contributed by atoms with Crippen LogP contribution in [-0.2, 0) is 21.1 Å². The number of sulfone groups is 1. The molecule has 2 N–H and O–H groups in total. The second-order valence-electron chi connectivity index (χ2n) is 9.41. The van der Waals surface area contributed by atoms with Gasteiger partial charge < -0.3 is 10.2 Å². The van der Waals surface area contributed by atoms with Crippen molar-refractivity contribution in [1.82, 2.24) is 4.98 Å². The molecule has 0 radical (unpaired) electrons. The summed E-state index contributed by atoms with van der Waals surface area (Å²) in [7, 11) is -3.31. The number of furan rings is 1. The number of nitrogens with two attached hydrogens (primary N) is 1. The number of nitrogen functional groups attached to an aromatic ring is 1. The number of aromatic nitrogens is 1. The van der Waals surface area contributed by atoms with Gasteiger partial charge in [-0.3, -0.25) is 4.79 Å². The minimum atomic E-state index is -3.31. The SMILES string of the molecule is CCS(=O)(=O)c1ccc(-c2cc(-c3ccc(F)cc3)c3oc(CCC(=O)/C=C/c4ccc(N)nc4)cc3c2)cc1. The van der Waals surface area contributed by atoms with E-state index in [0.29, 0.717) is 23.6 Å². The Hall–Kier alpha value is -4.56. The lowest BCUT2D eigenvalue weighted by atomic mass is 9.96. The summed E-state index contributed by atoms with van der Waals surface area (Å²) >= 11 is 0. The van der Waals surface area contributed by atoms with Gasteiger partial charge in [0.2, 0.25) is 0 Å². The number of hydrogen-bond donors (Lipinski definition) is 1. The van der Waals surface area contributed by atoms with E-state index in [-0.39, 0.29) is 28.7 Å². The molecule has 8 heteroatoms. The van der Waals surface area contributed by atoms with E-state index < -0.39 is 9.84 Å². The number of ketones is 1. The number of anilines is 1. The fourth-order valence-electron chi connectivity index (χ4n) is 4.40. The van der Waals surface area contributed by atoms with Crippen LogP contribution >= 0.6 is 0 Å². The number of hydrogen-bond acceptors (Lipinski definition) is 6. The molecular formula is C32H27FN2O4S. The number of carbonyl (C=O) groups excluding carboxylic acids is 1. The zero-order valence-electron chi connectivity index (χ0n) is 21.8. The van der Waals surface area contributed by atoms with Crippen molar-refractivity contribution >= 4 is 38.5 Å². The van der Waals surface area contributed by atoms with Crippen molar-refractivity contribution in [2.45, 2.75) is 24.7 Å². The number of carbonyl (C=O) groups is 1. The van der Waals surface area contributed by atoms with Crippen LogP contribution in [0.3, 0.4) is 0 Å². The summed E-state index contributed by atoms with van der Waals surface area (Å²) in [6.07, 6.45) is 5.47. The van der Waals surface area contributed by atoms with Crippen LogP contribution in [0.1, 0.15) is 24.7 Å². The van der Waals surface area contributed by atoms with E-state index in [9.17, 15) is 17.6 Å². The Bertz CT molecular complexity index is 1810. The predicted octanol–water partition coefficient (Wildman–Crippen LogP) is 6.89. The Labute approximate surface area is 231 Å². The average Bonchev–Trinajstić information content (AvgIpc) is 3.39. The third kappa shape index (κ3) is 6.02. The highest BCUT2D eigenvalue weighted by molar-refractivity contribution is 7.91. The first kappa shape index (κ1) is 27.0. The number of nitrogens with zero attached hydrogens (tertiary/aromatic N) is 1. The molecule has 0 saturated heterocycles. The lowest BCUT2D eigenvalue weighted by molar-refractivity contribution is -0.114. The largest absolute Gasteiger partial charge is 0.460 e. The molecule has 0 saturated carbocycles. The number of fused-ring (bicyclic) bond motifs is 1. The maximum atomic E-state index is 13.7. The Morgan fingerprint density at radius 1 is 0.950 bits per heavy atom. The van der Waals surface area contributed by atoms with Crippen molar-refractivity contribution in [1.29, 1.82) is 0 Å². The molecule has 0 fully saturated rings. The Kier molecular flexibility index (Phi) is 7.62. The first-order valence-corrected chi connectivity index (χ1v) is 14.4. The molecule has 40 heavy (non-hydrogen) atoms. The Morgan fingerprint density at radius 2 is 1.68 bits per heavy atom. The van der Waals surface area contributed by atoms with E-state index in [2.05, 4.69) is 4.98 Å². The summed E-state index contributed by atoms with van der Waals surface area (Å²) in [5, 5.41) is 0.827. The second kappa shape index (κ2) is 11.3. The molecule has 0 amide bonds. The molecule has 0 aliphatic heterocycles. The van der Waals surface area contributed by atoms with Gasteiger partial charge in [-0.15, -0.1) is 0 Å². The van der Waals surface area contributed by atoms with E-state index in [4.69, 9.17) is 10.2 Å². The minimum Gasteiger partial charge on any atom is -0.460 e. The van der Waals surface area contributed by atoms with Crippen molar-refractivity contribution < 1.29 is 22.0 Å². The quantitative estimate of drug-likeness (QED) is 0.199. The minimum absolute atomic E-state index is 0.0295. The maximum Gasteiger partial charge on any atom is 0.178 e. The van der Waals surface area contributed by atoms with Crippen molar-refractivity contribution in [3.63, 3.8) is 0 Å². The summed E-state index contributed by atoms with van der Waals surface area (Å²) in [5.41, 5.74) is 10.2. The summed E-state index contributed by atoms with van der Waals surface area (Å²) in [6.45, 7) is 1.61. The van der Waals surface area contributed by atoms with Gasteiger partial charge in [-0.2, -0.15) is 0 Å². The van der Waals surface area contributed by atoms with Crippen molar-refractivity contribution in [3.8, 4) is 22.3 Å². The summed E-state index contributed by atoms with van der Waals surface area (Å²) in [4.78, 5) is 16.8. The number of pyridine rings is 1. The van der Waals surface area contributed by atoms with Gasteiger partial charge in [0.25, 0.3) is 0 Å². The summed E-state index contributed by atoms with van der Waals surface area (Å²) < 4.78 is 44.4. The summed E-state index contributed by atoms with van der Waals surface area (Å²) in [6, 6.07) is 22.2. The van der Waals surface area contributed by atoms with Gasteiger partial charge in [-0.1, -0.05) is 31.2 Å². The first-order valence-electron chi connectivity index (χ1n) is 12.8. The van der Waals surface area contributed by atoms with Crippen LogP contribution in [0.25, 0.3) is 39.3 Å². The molecule has 0 unspecified atom stereocenters. The molecule has 0 atom stereocenters. The van der Waals surface area contributed by atoms with Crippen LogP contribution in [0.5, 0.6) is 0 Å². The molecule has 0 spiro atoms. The number of allylic oxidation sites excluding steroid dienone is 1. The van der Waals surface area contributed by atoms with Gasteiger partial charge in [0, 0.05) is 30.0 Å². The third-order valence-corrected chi connectivity index (χ3v) is 8.39. The molecule has 3 aromatic carbocycles. The molecule has 2 heterocycles. The normalized spacial score (nSPS) is 11.8. The molecule has 0 aliphatic carbocycles. The highest BCUT2D eigenvalue weighted by Gasteiger charge is 2.16. The molecule has 0 aliphatic rings. The number of halogens is 1. The van der Waals surface area contributed by atoms with E-state index >= 15 is 0 Å². The number of rotatable bonds is 9. The Morgan fingerprint density at radius 3 is 2.35 bits per heavy atom. The molecule has 2 aromatic heterocycles. The second-order valence-corrected chi connectivity index (χ2v) is 11.7. The molecule has 0 bridgehead atoms. The van der Waals surface area contributed by atoms with Gasteiger partial charge >= 0.3 is 0 Å². The van der Waals surface area contributed by atoms with E-state index in [1.807, 2.05) is 18.2 Å². The van der Waals surface area contributed by atoms with E-state index in [1.165, 1.54) is 18.2 Å². The molecular weight excluding hydrogens is 527 g/mol. The fourth-order valence-corrected chi connectivity index (χ4v) is 5.28. The van der Waals surface area contributed by atoms with Gasteiger partial charge in [0.05, 0.1) is 10.6 Å². The van der Waals surface area contributed by atoms with Gasteiger partial charge in [-0.05, 0) is 89.0 Å². The van der Waals surface area contributed by atoms with Crippen molar-refractivity contribution in [3.05, 3.63) is 108 Å². The lowest BCUT2D eigenvalue weighted by Gasteiger charge is -2.09. The van der Waals surface area contributed by atoms with Crippen LogP contribution in [0, 0.1) is 5.82 Å². The predicted molar refractivity (Wildman–Crippen MR) is 156 cm³/mol. The Balaban J connectivity index is 1.45. The van der Waals surface area contributed by atoms with Crippen LogP contribution in [0.2, 0.25) is 0 Å². The number of aryl methyl sites for hydroxylation is 1. The van der Waals surface area contributed by atoms with Crippen LogP contribution in [-0.4, -0.2) is 24.9 Å². The van der Waals surface area contributed by atoms with Gasteiger partial charge in [0.15, 0.2) is 15.6 Å².